The van der Waals surface area contributed by atoms with Crippen molar-refractivity contribution < 1.29 is 14.6 Å². The van der Waals surface area contributed by atoms with Crippen LogP contribution < -0.4 is 5.32 Å². The third kappa shape index (κ3) is 3.14. The first-order valence-corrected chi connectivity index (χ1v) is 4.82. The third-order valence-corrected chi connectivity index (χ3v) is 2.07. The van der Waals surface area contributed by atoms with Gasteiger partial charge in [0.1, 0.15) is 11.5 Å². The molecule has 80 valence electrons. The van der Waals surface area contributed by atoms with Gasteiger partial charge in [0.05, 0.1) is 25.8 Å². The molecule has 0 aliphatic carbocycles. The van der Waals surface area contributed by atoms with Crippen molar-refractivity contribution in [3.8, 4) is 0 Å². The van der Waals surface area contributed by atoms with Crippen molar-refractivity contribution in [2.24, 2.45) is 0 Å². The molecule has 4 heteroatoms. The Bertz CT molecular complexity index is 256. The SMILES string of the molecule is CCc1ccc(CNC(CO)CO)o1. The molecule has 0 saturated heterocycles. The first kappa shape index (κ1) is 11.2. The zero-order valence-corrected chi connectivity index (χ0v) is 8.36. The Hall–Kier alpha value is -0.840. The largest absolute Gasteiger partial charge is 0.465 e. The van der Waals surface area contributed by atoms with Crippen LogP contribution in [0.25, 0.3) is 0 Å². The predicted octanol–water partition coefficient (Wildman–Crippen LogP) is 0.285. The lowest BCUT2D eigenvalue weighted by Crippen LogP contribution is -2.35. The van der Waals surface area contributed by atoms with Gasteiger partial charge in [-0.25, -0.2) is 0 Å². The Balaban J connectivity index is 2.37. The van der Waals surface area contributed by atoms with Gasteiger partial charge in [0.15, 0.2) is 0 Å². The monoisotopic (exact) mass is 199 g/mol. The number of hydrogen-bond donors (Lipinski definition) is 3. The molecule has 0 radical (unpaired) electrons. The van der Waals surface area contributed by atoms with Gasteiger partial charge in [0, 0.05) is 6.42 Å². The molecule has 0 unspecified atom stereocenters. The van der Waals surface area contributed by atoms with E-state index in [9.17, 15) is 0 Å². The van der Waals surface area contributed by atoms with E-state index in [4.69, 9.17) is 14.6 Å². The first-order chi connectivity index (χ1) is 6.80. The van der Waals surface area contributed by atoms with Crippen LogP contribution >= 0.6 is 0 Å². The molecule has 0 saturated carbocycles. The van der Waals surface area contributed by atoms with Gasteiger partial charge in [-0.1, -0.05) is 6.92 Å². The number of nitrogens with one attached hydrogen (secondary N) is 1. The van der Waals surface area contributed by atoms with Crippen LogP contribution in [-0.4, -0.2) is 29.5 Å². The molecule has 0 atom stereocenters. The molecular weight excluding hydrogens is 182 g/mol. The van der Waals surface area contributed by atoms with Crippen molar-refractivity contribution in [2.75, 3.05) is 13.2 Å². The normalized spacial score (nSPS) is 11.1. The molecule has 0 aliphatic rings. The Morgan fingerprint density at radius 1 is 1.29 bits per heavy atom. The van der Waals surface area contributed by atoms with Crippen molar-refractivity contribution in [1.82, 2.24) is 5.32 Å². The average Bonchev–Trinajstić information content (AvgIpc) is 2.67. The van der Waals surface area contributed by atoms with E-state index in [-0.39, 0.29) is 19.3 Å². The summed E-state index contributed by atoms with van der Waals surface area (Å²) in [6, 6.07) is 3.56. The van der Waals surface area contributed by atoms with Crippen LogP contribution in [-0.2, 0) is 13.0 Å². The number of aliphatic hydroxyl groups excluding tert-OH is 2. The quantitative estimate of drug-likeness (QED) is 0.616. The molecule has 1 rings (SSSR count). The summed E-state index contributed by atoms with van der Waals surface area (Å²) in [5, 5.41) is 20.6. The molecule has 1 aromatic rings. The third-order valence-electron chi connectivity index (χ3n) is 2.07. The maximum atomic E-state index is 8.80. The van der Waals surface area contributed by atoms with Gasteiger partial charge in [0.25, 0.3) is 0 Å². The molecule has 0 fully saturated rings. The number of aryl methyl sites for hydroxylation is 1. The lowest BCUT2D eigenvalue weighted by atomic mass is 10.3. The second-order valence-electron chi connectivity index (χ2n) is 3.16. The molecule has 0 aromatic carbocycles. The van der Waals surface area contributed by atoms with E-state index in [0.29, 0.717) is 6.54 Å². The van der Waals surface area contributed by atoms with E-state index >= 15 is 0 Å². The van der Waals surface area contributed by atoms with Gasteiger partial charge in [0.2, 0.25) is 0 Å². The summed E-state index contributed by atoms with van der Waals surface area (Å²) < 4.78 is 5.45. The topological polar surface area (TPSA) is 65.6 Å². The molecule has 3 N–H and O–H groups in total. The van der Waals surface area contributed by atoms with Crippen LogP contribution in [0.3, 0.4) is 0 Å². The highest BCUT2D eigenvalue weighted by atomic mass is 16.3. The fourth-order valence-electron chi connectivity index (χ4n) is 1.14. The number of furan rings is 1. The van der Waals surface area contributed by atoms with Gasteiger partial charge in [-0.2, -0.15) is 0 Å². The molecule has 1 heterocycles. The smallest absolute Gasteiger partial charge is 0.117 e. The molecule has 0 aliphatic heterocycles. The fourth-order valence-corrected chi connectivity index (χ4v) is 1.14. The molecule has 0 amide bonds. The summed E-state index contributed by atoms with van der Waals surface area (Å²) in [5.41, 5.74) is 0. The maximum Gasteiger partial charge on any atom is 0.117 e. The summed E-state index contributed by atoms with van der Waals surface area (Å²) in [4.78, 5) is 0. The lowest BCUT2D eigenvalue weighted by Gasteiger charge is -2.11. The van der Waals surface area contributed by atoms with E-state index in [1.807, 2.05) is 19.1 Å². The number of rotatable bonds is 6. The van der Waals surface area contributed by atoms with Gasteiger partial charge >= 0.3 is 0 Å². The predicted molar refractivity (Wildman–Crippen MR) is 52.9 cm³/mol. The van der Waals surface area contributed by atoms with E-state index in [0.717, 1.165) is 17.9 Å². The van der Waals surface area contributed by atoms with Crippen LogP contribution in [0, 0.1) is 0 Å². The summed E-state index contributed by atoms with van der Waals surface area (Å²) in [7, 11) is 0. The van der Waals surface area contributed by atoms with Crippen molar-refractivity contribution in [1.29, 1.82) is 0 Å². The van der Waals surface area contributed by atoms with Crippen molar-refractivity contribution in [2.45, 2.75) is 25.9 Å². The number of hydrogen-bond acceptors (Lipinski definition) is 4. The Morgan fingerprint density at radius 3 is 2.43 bits per heavy atom. The maximum absolute atomic E-state index is 8.80. The van der Waals surface area contributed by atoms with Crippen LogP contribution in [0.4, 0.5) is 0 Å². The molecular formula is C10H17NO3. The fraction of sp³-hybridized carbons (Fsp3) is 0.600. The molecule has 4 nitrogen and oxygen atoms in total. The average molecular weight is 199 g/mol. The molecule has 0 spiro atoms. The van der Waals surface area contributed by atoms with Crippen molar-refractivity contribution in [3.63, 3.8) is 0 Å². The Kier molecular flexibility index (Phi) is 4.65. The summed E-state index contributed by atoms with van der Waals surface area (Å²) in [6.07, 6.45) is 0.878. The first-order valence-electron chi connectivity index (χ1n) is 4.82. The lowest BCUT2D eigenvalue weighted by molar-refractivity contribution is 0.168. The van der Waals surface area contributed by atoms with E-state index < -0.39 is 0 Å². The highest BCUT2D eigenvalue weighted by Gasteiger charge is 2.06. The van der Waals surface area contributed by atoms with Gasteiger partial charge in [-0.05, 0) is 12.1 Å². The summed E-state index contributed by atoms with van der Waals surface area (Å²) in [6.45, 7) is 2.42. The van der Waals surface area contributed by atoms with Gasteiger partial charge in [-0.15, -0.1) is 0 Å². The van der Waals surface area contributed by atoms with Crippen molar-refractivity contribution >= 4 is 0 Å². The minimum atomic E-state index is -0.273. The summed E-state index contributed by atoms with van der Waals surface area (Å²) >= 11 is 0. The molecule has 0 bridgehead atoms. The van der Waals surface area contributed by atoms with Crippen LogP contribution in [0.15, 0.2) is 16.5 Å². The van der Waals surface area contributed by atoms with E-state index in [1.54, 1.807) is 0 Å². The molecule has 14 heavy (non-hydrogen) atoms. The highest BCUT2D eigenvalue weighted by molar-refractivity contribution is 5.06. The van der Waals surface area contributed by atoms with E-state index in [1.165, 1.54) is 0 Å². The zero-order chi connectivity index (χ0) is 10.4. The van der Waals surface area contributed by atoms with Crippen LogP contribution in [0.5, 0.6) is 0 Å². The second-order valence-corrected chi connectivity index (χ2v) is 3.16. The summed E-state index contributed by atoms with van der Waals surface area (Å²) in [5.74, 6) is 1.78. The standard InChI is InChI=1S/C10H17NO3/c1-2-9-3-4-10(14-9)5-11-8(6-12)7-13/h3-4,8,11-13H,2,5-7H2,1H3. The van der Waals surface area contributed by atoms with Crippen LogP contribution in [0.2, 0.25) is 0 Å². The highest BCUT2D eigenvalue weighted by Crippen LogP contribution is 2.07. The van der Waals surface area contributed by atoms with Gasteiger partial charge < -0.3 is 19.9 Å². The van der Waals surface area contributed by atoms with E-state index in [2.05, 4.69) is 5.32 Å². The minimum Gasteiger partial charge on any atom is -0.465 e. The Morgan fingerprint density at radius 2 is 1.93 bits per heavy atom. The second kappa shape index (κ2) is 5.80. The zero-order valence-electron chi connectivity index (χ0n) is 8.36. The van der Waals surface area contributed by atoms with Crippen LogP contribution in [0.1, 0.15) is 18.4 Å². The minimum absolute atomic E-state index is 0.0716. The van der Waals surface area contributed by atoms with Crippen molar-refractivity contribution in [3.05, 3.63) is 23.7 Å². The molecule has 1 aromatic heterocycles. The number of aliphatic hydroxyl groups is 2. The van der Waals surface area contributed by atoms with Gasteiger partial charge in [-0.3, -0.25) is 0 Å². The Labute approximate surface area is 83.6 Å².